The summed E-state index contributed by atoms with van der Waals surface area (Å²) < 4.78 is 0. The van der Waals surface area contributed by atoms with E-state index in [0.29, 0.717) is 5.56 Å². The fourth-order valence-electron chi connectivity index (χ4n) is 3.72. The largest absolute Gasteiger partial charge is 0.367 e. The fraction of sp³-hybridized carbons (Fsp3) is 0.435. The first-order valence-corrected chi connectivity index (χ1v) is 10.6. The highest BCUT2D eigenvalue weighted by Gasteiger charge is 2.20. The summed E-state index contributed by atoms with van der Waals surface area (Å²) in [6, 6.07) is 13.5. The number of amides is 1. The summed E-state index contributed by atoms with van der Waals surface area (Å²) in [5.41, 5.74) is 2.13. The Labute approximate surface area is 177 Å². The summed E-state index contributed by atoms with van der Waals surface area (Å²) in [7, 11) is 0. The number of nitrogens with one attached hydrogen (secondary N) is 1. The van der Waals surface area contributed by atoms with E-state index in [-0.39, 0.29) is 11.6 Å². The summed E-state index contributed by atoms with van der Waals surface area (Å²) in [5, 5.41) is 13.8. The summed E-state index contributed by atoms with van der Waals surface area (Å²) in [5.74, 6) is 0.474. The van der Waals surface area contributed by atoms with Gasteiger partial charge >= 0.3 is 0 Å². The third-order valence-corrected chi connectivity index (χ3v) is 5.46. The normalized spacial score (nSPS) is 14.7. The van der Waals surface area contributed by atoms with Crippen LogP contribution in [0.5, 0.6) is 0 Å². The van der Waals surface area contributed by atoms with Crippen molar-refractivity contribution in [1.82, 2.24) is 4.90 Å². The lowest BCUT2D eigenvalue weighted by molar-refractivity contribution is -0.384. The predicted molar refractivity (Wildman–Crippen MR) is 120 cm³/mol. The number of nitro benzene ring substituents is 1. The maximum Gasteiger partial charge on any atom is 0.269 e. The molecule has 2 aromatic rings. The SMILES string of the molecule is CC(C)CCCN1CCN(c2ccccc2NC(=O)c2ccc([N+](=O)[O-])cc2)CC1. The van der Waals surface area contributed by atoms with Crippen LogP contribution in [0.2, 0.25) is 0 Å². The highest BCUT2D eigenvalue weighted by molar-refractivity contribution is 6.06. The molecule has 3 rings (SSSR count). The van der Waals surface area contributed by atoms with E-state index >= 15 is 0 Å². The van der Waals surface area contributed by atoms with Crippen LogP contribution in [-0.2, 0) is 0 Å². The van der Waals surface area contributed by atoms with Gasteiger partial charge in [0.15, 0.2) is 0 Å². The lowest BCUT2D eigenvalue weighted by atomic mass is 10.1. The molecule has 0 atom stereocenters. The molecule has 0 spiro atoms. The van der Waals surface area contributed by atoms with Gasteiger partial charge < -0.3 is 10.2 Å². The zero-order chi connectivity index (χ0) is 21.5. The van der Waals surface area contributed by atoms with Gasteiger partial charge in [-0.3, -0.25) is 19.8 Å². The van der Waals surface area contributed by atoms with E-state index in [1.165, 1.54) is 37.1 Å². The minimum atomic E-state index is -0.473. The molecule has 1 aliphatic rings. The van der Waals surface area contributed by atoms with Gasteiger partial charge in [0.05, 0.1) is 16.3 Å². The number of nitro groups is 1. The Morgan fingerprint density at radius 3 is 2.37 bits per heavy atom. The Kier molecular flexibility index (Phi) is 7.41. The molecular weight excluding hydrogens is 380 g/mol. The highest BCUT2D eigenvalue weighted by Crippen LogP contribution is 2.27. The number of carbonyl (C=O) groups is 1. The van der Waals surface area contributed by atoms with Gasteiger partial charge in [-0.25, -0.2) is 0 Å². The van der Waals surface area contributed by atoms with Gasteiger partial charge in [0.25, 0.3) is 11.6 Å². The number of piperazine rings is 1. The standard InChI is InChI=1S/C23H30N4O3/c1-18(2)6-5-13-25-14-16-26(17-15-25)22-8-4-3-7-21(22)24-23(28)19-9-11-20(12-10-19)27(29)30/h3-4,7-12,18H,5-6,13-17H2,1-2H3,(H,24,28). The second-order valence-electron chi connectivity index (χ2n) is 8.14. The maximum atomic E-state index is 12.6. The molecule has 1 heterocycles. The average Bonchev–Trinajstić information content (AvgIpc) is 2.74. The van der Waals surface area contributed by atoms with Crippen LogP contribution in [0.25, 0.3) is 0 Å². The molecule has 7 nitrogen and oxygen atoms in total. The van der Waals surface area contributed by atoms with E-state index in [0.717, 1.165) is 50.0 Å². The molecule has 0 unspecified atom stereocenters. The highest BCUT2D eigenvalue weighted by atomic mass is 16.6. The monoisotopic (exact) mass is 410 g/mol. The van der Waals surface area contributed by atoms with E-state index < -0.39 is 4.92 Å². The zero-order valence-corrected chi connectivity index (χ0v) is 17.7. The third-order valence-electron chi connectivity index (χ3n) is 5.46. The smallest absolute Gasteiger partial charge is 0.269 e. The number of para-hydroxylation sites is 2. The predicted octanol–water partition coefficient (Wildman–Crippen LogP) is 4.41. The molecule has 0 aromatic heterocycles. The van der Waals surface area contributed by atoms with Crippen molar-refractivity contribution in [3.8, 4) is 0 Å². The van der Waals surface area contributed by atoms with Gasteiger partial charge in [0.2, 0.25) is 0 Å². The summed E-state index contributed by atoms with van der Waals surface area (Å²) in [6.07, 6.45) is 2.50. The molecule has 1 aliphatic heterocycles. The molecule has 1 saturated heterocycles. The van der Waals surface area contributed by atoms with E-state index in [2.05, 4.69) is 29.0 Å². The first-order chi connectivity index (χ1) is 14.4. The van der Waals surface area contributed by atoms with E-state index in [1.807, 2.05) is 24.3 Å². The average molecular weight is 411 g/mol. The van der Waals surface area contributed by atoms with Crippen LogP contribution in [0.3, 0.4) is 0 Å². The summed E-state index contributed by atoms with van der Waals surface area (Å²) in [6.45, 7) is 9.55. The topological polar surface area (TPSA) is 78.7 Å². The van der Waals surface area contributed by atoms with Gasteiger partial charge in [-0.2, -0.15) is 0 Å². The van der Waals surface area contributed by atoms with Crippen LogP contribution in [0, 0.1) is 16.0 Å². The molecule has 1 N–H and O–H groups in total. The second-order valence-corrected chi connectivity index (χ2v) is 8.14. The number of hydrogen-bond acceptors (Lipinski definition) is 5. The Bertz CT molecular complexity index is 859. The van der Waals surface area contributed by atoms with Crippen LogP contribution < -0.4 is 10.2 Å². The van der Waals surface area contributed by atoms with Crippen molar-refractivity contribution in [2.24, 2.45) is 5.92 Å². The van der Waals surface area contributed by atoms with Crippen LogP contribution in [0.15, 0.2) is 48.5 Å². The van der Waals surface area contributed by atoms with Crippen LogP contribution >= 0.6 is 0 Å². The molecule has 160 valence electrons. The first-order valence-electron chi connectivity index (χ1n) is 10.6. The molecule has 0 bridgehead atoms. The van der Waals surface area contributed by atoms with Crippen LogP contribution in [0.4, 0.5) is 17.1 Å². The molecule has 7 heteroatoms. The van der Waals surface area contributed by atoms with E-state index in [1.54, 1.807) is 0 Å². The Morgan fingerprint density at radius 1 is 1.07 bits per heavy atom. The Hall–Kier alpha value is -2.93. The van der Waals surface area contributed by atoms with Gasteiger partial charge in [-0.1, -0.05) is 26.0 Å². The number of nitrogens with zero attached hydrogens (tertiary/aromatic N) is 3. The Morgan fingerprint density at radius 2 is 1.73 bits per heavy atom. The van der Waals surface area contributed by atoms with Gasteiger partial charge in [-0.15, -0.1) is 0 Å². The molecule has 0 saturated carbocycles. The molecule has 2 aromatic carbocycles. The molecule has 1 amide bonds. The van der Waals surface area contributed by atoms with Crippen molar-refractivity contribution in [3.63, 3.8) is 0 Å². The van der Waals surface area contributed by atoms with Crippen molar-refractivity contribution in [2.45, 2.75) is 26.7 Å². The van der Waals surface area contributed by atoms with Gasteiger partial charge in [0, 0.05) is 43.9 Å². The number of anilines is 2. The van der Waals surface area contributed by atoms with Gasteiger partial charge in [-0.05, 0) is 49.6 Å². The minimum Gasteiger partial charge on any atom is -0.367 e. The zero-order valence-electron chi connectivity index (χ0n) is 17.7. The van der Waals surface area contributed by atoms with Crippen molar-refractivity contribution in [2.75, 3.05) is 42.9 Å². The molecular formula is C23H30N4O3. The number of non-ortho nitro benzene ring substituents is 1. The van der Waals surface area contributed by atoms with Crippen molar-refractivity contribution >= 4 is 23.0 Å². The van der Waals surface area contributed by atoms with Crippen molar-refractivity contribution in [3.05, 3.63) is 64.2 Å². The molecule has 1 fully saturated rings. The van der Waals surface area contributed by atoms with Crippen molar-refractivity contribution in [1.29, 1.82) is 0 Å². The number of hydrogen-bond donors (Lipinski definition) is 1. The van der Waals surface area contributed by atoms with Crippen LogP contribution in [-0.4, -0.2) is 48.5 Å². The third kappa shape index (κ3) is 5.79. The quantitative estimate of drug-likeness (QED) is 0.515. The van der Waals surface area contributed by atoms with Gasteiger partial charge in [0.1, 0.15) is 0 Å². The second kappa shape index (κ2) is 10.2. The van der Waals surface area contributed by atoms with E-state index in [4.69, 9.17) is 0 Å². The number of rotatable bonds is 8. The lowest BCUT2D eigenvalue weighted by Crippen LogP contribution is -2.46. The Balaban J connectivity index is 1.61. The number of benzene rings is 2. The summed E-state index contributed by atoms with van der Waals surface area (Å²) in [4.78, 5) is 27.8. The summed E-state index contributed by atoms with van der Waals surface area (Å²) >= 11 is 0. The van der Waals surface area contributed by atoms with Crippen molar-refractivity contribution < 1.29 is 9.72 Å². The fourth-order valence-corrected chi connectivity index (χ4v) is 3.72. The van der Waals surface area contributed by atoms with E-state index in [9.17, 15) is 14.9 Å². The lowest BCUT2D eigenvalue weighted by Gasteiger charge is -2.37. The molecule has 0 radical (unpaired) electrons. The first kappa shape index (κ1) is 21.8. The molecule has 0 aliphatic carbocycles. The maximum absolute atomic E-state index is 12.6. The number of carbonyl (C=O) groups excluding carboxylic acids is 1. The minimum absolute atomic E-state index is 0.0294. The molecule has 30 heavy (non-hydrogen) atoms. The van der Waals surface area contributed by atoms with Crippen LogP contribution in [0.1, 0.15) is 37.0 Å².